The van der Waals surface area contributed by atoms with Crippen LogP contribution in [0.2, 0.25) is 0 Å². The van der Waals surface area contributed by atoms with Crippen LogP contribution in [0.25, 0.3) is 0 Å². The SMILES string of the molecule is CCC(C#N)C(=O)N1CCC(C(N)=O)CC1. The highest BCUT2D eigenvalue weighted by atomic mass is 16.2. The summed E-state index contributed by atoms with van der Waals surface area (Å²) in [6, 6.07) is 2.00. The monoisotopic (exact) mass is 223 g/mol. The van der Waals surface area contributed by atoms with E-state index in [0.717, 1.165) is 0 Å². The van der Waals surface area contributed by atoms with Gasteiger partial charge < -0.3 is 10.6 Å². The van der Waals surface area contributed by atoms with Crippen LogP contribution in [0, 0.1) is 23.2 Å². The number of nitrogens with zero attached hydrogens (tertiary/aromatic N) is 2. The Bertz CT molecular complexity index is 314. The first kappa shape index (κ1) is 12.5. The maximum Gasteiger partial charge on any atom is 0.239 e. The fourth-order valence-electron chi connectivity index (χ4n) is 1.93. The number of carbonyl (C=O) groups is 2. The molecule has 1 atom stereocenters. The molecule has 0 saturated carbocycles. The highest BCUT2D eigenvalue weighted by molar-refractivity contribution is 5.82. The summed E-state index contributed by atoms with van der Waals surface area (Å²) in [5.74, 6) is -1.08. The van der Waals surface area contributed by atoms with Crippen molar-refractivity contribution in [3.05, 3.63) is 0 Å². The Kier molecular flexibility index (Phi) is 4.29. The number of rotatable bonds is 3. The lowest BCUT2D eigenvalue weighted by molar-refractivity contribution is -0.137. The Morgan fingerprint density at radius 3 is 2.44 bits per heavy atom. The Hall–Kier alpha value is -1.57. The molecular formula is C11H17N3O2. The van der Waals surface area contributed by atoms with Crippen LogP contribution in [0.15, 0.2) is 0 Å². The van der Waals surface area contributed by atoms with Gasteiger partial charge in [-0.15, -0.1) is 0 Å². The molecule has 0 radical (unpaired) electrons. The normalized spacial score (nSPS) is 18.9. The van der Waals surface area contributed by atoms with Crippen molar-refractivity contribution in [2.45, 2.75) is 26.2 Å². The Labute approximate surface area is 95.2 Å². The van der Waals surface area contributed by atoms with Crippen LogP contribution in [-0.2, 0) is 9.59 Å². The molecule has 5 heteroatoms. The van der Waals surface area contributed by atoms with Gasteiger partial charge in [0.05, 0.1) is 6.07 Å². The van der Waals surface area contributed by atoms with E-state index in [-0.39, 0.29) is 17.7 Å². The first-order chi connectivity index (χ1) is 7.60. The molecule has 1 fully saturated rings. The lowest BCUT2D eigenvalue weighted by Gasteiger charge is -2.31. The molecular weight excluding hydrogens is 206 g/mol. The fraction of sp³-hybridized carbons (Fsp3) is 0.727. The predicted octanol–water partition coefficient (Wildman–Crippen LogP) is 0.260. The number of nitrogens with two attached hydrogens (primary N) is 1. The van der Waals surface area contributed by atoms with Crippen LogP contribution < -0.4 is 5.73 Å². The molecule has 1 aliphatic rings. The van der Waals surface area contributed by atoms with E-state index in [1.54, 1.807) is 4.90 Å². The molecule has 1 heterocycles. The molecule has 5 nitrogen and oxygen atoms in total. The summed E-state index contributed by atoms with van der Waals surface area (Å²) in [5, 5.41) is 8.80. The van der Waals surface area contributed by atoms with Crippen molar-refractivity contribution in [2.75, 3.05) is 13.1 Å². The lowest BCUT2D eigenvalue weighted by atomic mass is 9.95. The molecule has 0 aliphatic carbocycles. The summed E-state index contributed by atoms with van der Waals surface area (Å²) in [4.78, 5) is 24.4. The van der Waals surface area contributed by atoms with Gasteiger partial charge in [0.2, 0.25) is 11.8 Å². The number of amides is 2. The highest BCUT2D eigenvalue weighted by Crippen LogP contribution is 2.19. The third-order valence-corrected chi connectivity index (χ3v) is 3.07. The minimum atomic E-state index is -0.551. The average Bonchev–Trinajstić information content (AvgIpc) is 2.30. The van der Waals surface area contributed by atoms with E-state index in [1.165, 1.54) is 0 Å². The molecule has 88 valence electrons. The molecule has 0 aromatic rings. The van der Waals surface area contributed by atoms with Gasteiger partial charge in [0, 0.05) is 19.0 Å². The molecule has 0 spiro atoms. The summed E-state index contributed by atoms with van der Waals surface area (Å²) in [7, 11) is 0. The summed E-state index contributed by atoms with van der Waals surface area (Å²) >= 11 is 0. The third-order valence-electron chi connectivity index (χ3n) is 3.07. The zero-order valence-corrected chi connectivity index (χ0v) is 9.48. The quantitative estimate of drug-likeness (QED) is 0.744. The van der Waals surface area contributed by atoms with Crippen molar-refractivity contribution in [3.63, 3.8) is 0 Å². The van der Waals surface area contributed by atoms with Crippen molar-refractivity contribution >= 4 is 11.8 Å². The number of likely N-dealkylation sites (tertiary alicyclic amines) is 1. The number of hydrogen-bond acceptors (Lipinski definition) is 3. The maximum atomic E-state index is 11.8. The standard InChI is InChI=1S/C11H17N3O2/c1-2-8(7-12)11(16)14-5-3-9(4-6-14)10(13)15/h8-9H,2-6H2,1H3,(H2,13,15). The molecule has 0 bridgehead atoms. The van der Waals surface area contributed by atoms with E-state index < -0.39 is 5.92 Å². The van der Waals surface area contributed by atoms with Crippen LogP contribution in [0.1, 0.15) is 26.2 Å². The number of primary amides is 1. The zero-order valence-electron chi connectivity index (χ0n) is 9.48. The molecule has 1 rings (SSSR count). The number of piperidine rings is 1. The van der Waals surface area contributed by atoms with Crippen molar-refractivity contribution in [2.24, 2.45) is 17.6 Å². The Balaban J connectivity index is 2.51. The lowest BCUT2D eigenvalue weighted by Crippen LogP contribution is -2.43. The van der Waals surface area contributed by atoms with E-state index in [9.17, 15) is 9.59 Å². The van der Waals surface area contributed by atoms with Crippen molar-refractivity contribution in [3.8, 4) is 6.07 Å². The molecule has 1 aliphatic heterocycles. The smallest absolute Gasteiger partial charge is 0.239 e. The molecule has 1 unspecified atom stereocenters. The highest BCUT2D eigenvalue weighted by Gasteiger charge is 2.28. The number of nitriles is 1. The Morgan fingerprint density at radius 2 is 2.06 bits per heavy atom. The van der Waals surface area contributed by atoms with E-state index >= 15 is 0 Å². The van der Waals surface area contributed by atoms with Gasteiger partial charge in [-0.2, -0.15) is 5.26 Å². The largest absolute Gasteiger partial charge is 0.369 e. The maximum absolute atomic E-state index is 11.8. The zero-order chi connectivity index (χ0) is 12.1. The van der Waals surface area contributed by atoms with E-state index in [1.807, 2.05) is 13.0 Å². The van der Waals surface area contributed by atoms with Gasteiger partial charge in [-0.05, 0) is 19.3 Å². The van der Waals surface area contributed by atoms with Gasteiger partial charge in [-0.25, -0.2) is 0 Å². The van der Waals surface area contributed by atoms with E-state index in [4.69, 9.17) is 11.0 Å². The fourth-order valence-corrected chi connectivity index (χ4v) is 1.93. The van der Waals surface area contributed by atoms with Gasteiger partial charge in [0.15, 0.2) is 0 Å². The number of carbonyl (C=O) groups excluding carboxylic acids is 2. The summed E-state index contributed by atoms with van der Waals surface area (Å²) in [6.07, 6.45) is 1.76. The van der Waals surface area contributed by atoms with Gasteiger partial charge in [0.25, 0.3) is 0 Å². The van der Waals surface area contributed by atoms with Gasteiger partial charge in [-0.1, -0.05) is 6.92 Å². The van der Waals surface area contributed by atoms with Crippen LogP contribution >= 0.6 is 0 Å². The van der Waals surface area contributed by atoms with Gasteiger partial charge in [0.1, 0.15) is 5.92 Å². The molecule has 1 saturated heterocycles. The molecule has 0 aromatic carbocycles. The predicted molar refractivity (Wildman–Crippen MR) is 57.9 cm³/mol. The summed E-state index contributed by atoms with van der Waals surface area (Å²) < 4.78 is 0. The minimum Gasteiger partial charge on any atom is -0.369 e. The minimum absolute atomic E-state index is 0.118. The molecule has 0 aromatic heterocycles. The van der Waals surface area contributed by atoms with Gasteiger partial charge >= 0.3 is 0 Å². The second-order valence-corrected chi connectivity index (χ2v) is 4.09. The first-order valence-electron chi connectivity index (χ1n) is 5.57. The third kappa shape index (κ3) is 2.72. The number of hydrogen-bond donors (Lipinski definition) is 1. The molecule has 2 N–H and O–H groups in total. The molecule has 16 heavy (non-hydrogen) atoms. The second-order valence-electron chi connectivity index (χ2n) is 4.09. The average molecular weight is 223 g/mol. The van der Waals surface area contributed by atoms with Crippen LogP contribution in [-0.4, -0.2) is 29.8 Å². The van der Waals surface area contributed by atoms with Gasteiger partial charge in [-0.3, -0.25) is 9.59 Å². The summed E-state index contributed by atoms with van der Waals surface area (Å²) in [6.45, 7) is 2.89. The van der Waals surface area contributed by atoms with Crippen LogP contribution in [0.5, 0.6) is 0 Å². The van der Waals surface area contributed by atoms with Crippen LogP contribution in [0.4, 0.5) is 0 Å². The van der Waals surface area contributed by atoms with E-state index in [0.29, 0.717) is 32.4 Å². The van der Waals surface area contributed by atoms with E-state index in [2.05, 4.69) is 0 Å². The van der Waals surface area contributed by atoms with Crippen molar-refractivity contribution in [1.82, 2.24) is 4.90 Å². The second kappa shape index (κ2) is 5.50. The molecule has 2 amide bonds. The van der Waals surface area contributed by atoms with Crippen LogP contribution in [0.3, 0.4) is 0 Å². The summed E-state index contributed by atoms with van der Waals surface area (Å²) in [5.41, 5.74) is 5.21. The van der Waals surface area contributed by atoms with Crippen molar-refractivity contribution < 1.29 is 9.59 Å². The first-order valence-corrected chi connectivity index (χ1v) is 5.57. The van der Waals surface area contributed by atoms with Crippen molar-refractivity contribution in [1.29, 1.82) is 5.26 Å². The Morgan fingerprint density at radius 1 is 1.50 bits per heavy atom. The topological polar surface area (TPSA) is 87.2 Å².